The van der Waals surface area contributed by atoms with Crippen LogP contribution in [0.1, 0.15) is 31.4 Å². The summed E-state index contributed by atoms with van der Waals surface area (Å²) in [5.41, 5.74) is 6.68. The molecule has 1 amide bonds. The highest BCUT2D eigenvalue weighted by Crippen LogP contribution is 2.24. The van der Waals surface area contributed by atoms with Gasteiger partial charge in [-0.2, -0.15) is 4.98 Å². The average Bonchev–Trinajstić information content (AvgIpc) is 2.64. The van der Waals surface area contributed by atoms with E-state index in [0.717, 1.165) is 31.4 Å². The molecule has 2 rings (SSSR count). The molecule has 1 aromatic heterocycles. The van der Waals surface area contributed by atoms with Crippen LogP contribution in [0, 0.1) is 12.8 Å². The van der Waals surface area contributed by atoms with Crippen LogP contribution in [0.4, 0.5) is 6.01 Å². The van der Waals surface area contributed by atoms with Crippen LogP contribution in [0.3, 0.4) is 0 Å². The third-order valence-corrected chi connectivity index (χ3v) is 3.01. The second-order valence-electron chi connectivity index (χ2n) is 4.34. The Labute approximate surface area is 94.4 Å². The maximum atomic E-state index is 11.9. The zero-order chi connectivity index (χ0) is 11.5. The predicted molar refractivity (Wildman–Crippen MR) is 59.8 cm³/mol. The topological polar surface area (TPSA) is 81.2 Å². The van der Waals surface area contributed by atoms with Crippen LogP contribution in [-0.2, 0) is 4.79 Å². The Morgan fingerprint density at radius 3 is 2.94 bits per heavy atom. The molecular formula is C11H17N3O2. The Balaban J connectivity index is 1.96. The van der Waals surface area contributed by atoms with E-state index >= 15 is 0 Å². The van der Waals surface area contributed by atoms with Crippen molar-refractivity contribution in [2.45, 2.75) is 38.6 Å². The number of anilines is 1. The number of rotatable bonds is 2. The molecule has 0 aromatic carbocycles. The molecule has 16 heavy (non-hydrogen) atoms. The monoisotopic (exact) mass is 223 g/mol. The van der Waals surface area contributed by atoms with Crippen molar-refractivity contribution in [2.75, 3.05) is 5.32 Å². The molecule has 88 valence electrons. The molecular weight excluding hydrogens is 206 g/mol. The maximum absolute atomic E-state index is 11.9. The fraction of sp³-hybridized carbons (Fsp3) is 0.636. The molecule has 1 saturated carbocycles. The molecule has 0 saturated heterocycles. The lowest BCUT2D eigenvalue weighted by Crippen LogP contribution is -2.40. The van der Waals surface area contributed by atoms with Gasteiger partial charge in [0.25, 0.3) is 0 Å². The Morgan fingerprint density at radius 1 is 1.56 bits per heavy atom. The molecule has 2 unspecified atom stereocenters. The highest BCUT2D eigenvalue weighted by molar-refractivity contribution is 5.91. The highest BCUT2D eigenvalue weighted by Gasteiger charge is 2.28. The number of aromatic nitrogens is 1. The molecule has 3 N–H and O–H groups in total. The van der Waals surface area contributed by atoms with Crippen LogP contribution in [0.15, 0.2) is 10.7 Å². The summed E-state index contributed by atoms with van der Waals surface area (Å²) in [5.74, 6) is -0.185. The average molecular weight is 223 g/mol. The number of aryl methyl sites for hydroxylation is 1. The summed E-state index contributed by atoms with van der Waals surface area (Å²) >= 11 is 0. The smallest absolute Gasteiger partial charge is 0.301 e. The van der Waals surface area contributed by atoms with Gasteiger partial charge in [0, 0.05) is 6.04 Å². The Morgan fingerprint density at radius 2 is 2.31 bits per heavy atom. The van der Waals surface area contributed by atoms with Crippen molar-refractivity contribution in [2.24, 2.45) is 11.7 Å². The molecule has 1 fully saturated rings. The number of nitrogens with two attached hydrogens (primary N) is 1. The summed E-state index contributed by atoms with van der Waals surface area (Å²) in [6.45, 7) is 1.81. The first-order valence-electron chi connectivity index (χ1n) is 5.65. The van der Waals surface area contributed by atoms with Crippen molar-refractivity contribution in [1.82, 2.24) is 4.98 Å². The summed E-state index contributed by atoms with van der Waals surface area (Å²) < 4.78 is 5.08. The molecule has 2 atom stereocenters. The molecule has 1 aliphatic rings. The maximum Gasteiger partial charge on any atom is 0.301 e. The minimum atomic E-state index is -0.110. The Kier molecular flexibility index (Phi) is 3.24. The zero-order valence-corrected chi connectivity index (χ0v) is 9.40. The molecule has 5 nitrogen and oxygen atoms in total. The van der Waals surface area contributed by atoms with Gasteiger partial charge in [0.15, 0.2) is 0 Å². The van der Waals surface area contributed by atoms with Gasteiger partial charge in [-0.05, 0) is 19.8 Å². The third-order valence-electron chi connectivity index (χ3n) is 3.01. The second kappa shape index (κ2) is 4.65. The first-order chi connectivity index (χ1) is 7.66. The third kappa shape index (κ3) is 2.41. The first-order valence-corrected chi connectivity index (χ1v) is 5.65. The number of carbonyl (C=O) groups excluding carboxylic acids is 1. The van der Waals surface area contributed by atoms with Crippen molar-refractivity contribution in [1.29, 1.82) is 0 Å². The lowest BCUT2D eigenvalue weighted by molar-refractivity contribution is -0.121. The van der Waals surface area contributed by atoms with Crippen LogP contribution in [0.25, 0.3) is 0 Å². The Hall–Kier alpha value is -1.36. The van der Waals surface area contributed by atoms with E-state index in [1.165, 1.54) is 6.26 Å². The second-order valence-corrected chi connectivity index (χ2v) is 4.34. The van der Waals surface area contributed by atoms with Crippen molar-refractivity contribution < 1.29 is 9.21 Å². The number of amides is 1. The summed E-state index contributed by atoms with van der Waals surface area (Å²) in [5, 5.41) is 2.67. The molecule has 1 aliphatic carbocycles. The molecule has 0 bridgehead atoms. The van der Waals surface area contributed by atoms with Crippen LogP contribution in [-0.4, -0.2) is 16.9 Å². The van der Waals surface area contributed by atoms with E-state index in [-0.39, 0.29) is 23.9 Å². The molecule has 5 heteroatoms. The van der Waals surface area contributed by atoms with Crippen molar-refractivity contribution in [3.8, 4) is 0 Å². The van der Waals surface area contributed by atoms with E-state index in [4.69, 9.17) is 10.2 Å². The normalized spacial score (nSPS) is 25.4. The molecule has 0 spiro atoms. The van der Waals surface area contributed by atoms with Gasteiger partial charge in [-0.25, -0.2) is 0 Å². The molecule has 0 radical (unpaired) electrons. The van der Waals surface area contributed by atoms with E-state index in [9.17, 15) is 4.79 Å². The highest BCUT2D eigenvalue weighted by atomic mass is 16.4. The van der Waals surface area contributed by atoms with Crippen LogP contribution in [0.5, 0.6) is 0 Å². The van der Waals surface area contributed by atoms with Crippen LogP contribution in [0.2, 0.25) is 0 Å². The summed E-state index contributed by atoms with van der Waals surface area (Å²) in [7, 11) is 0. The SMILES string of the molecule is Cc1coc(NC(=O)C2CCCCC2N)n1. The Bertz CT molecular complexity index is 375. The molecule has 1 aromatic rings. The van der Waals surface area contributed by atoms with Crippen LogP contribution < -0.4 is 11.1 Å². The van der Waals surface area contributed by atoms with Gasteiger partial charge in [-0.1, -0.05) is 12.8 Å². The van der Waals surface area contributed by atoms with Crippen LogP contribution >= 0.6 is 0 Å². The summed E-state index contributed by atoms with van der Waals surface area (Å²) in [6.07, 6.45) is 5.46. The van der Waals surface area contributed by atoms with Gasteiger partial charge in [0.05, 0.1) is 11.6 Å². The number of nitrogens with one attached hydrogen (secondary N) is 1. The zero-order valence-electron chi connectivity index (χ0n) is 9.40. The van der Waals surface area contributed by atoms with E-state index in [2.05, 4.69) is 10.3 Å². The van der Waals surface area contributed by atoms with Crippen molar-refractivity contribution in [3.63, 3.8) is 0 Å². The largest absolute Gasteiger partial charge is 0.432 e. The minimum Gasteiger partial charge on any atom is -0.432 e. The van der Waals surface area contributed by atoms with Gasteiger partial charge >= 0.3 is 6.01 Å². The number of nitrogens with zero attached hydrogens (tertiary/aromatic N) is 1. The number of hydrogen-bond donors (Lipinski definition) is 2. The predicted octanol–water partition coefficient (Wildman–Crippen LogP) is 1.44. The van der Waals surface area contributed by atoms with E-state index < -0.39 is 0 Å². The minimum absolute atomic E-state index is 0.0372. The van der Waals surface area contributed by atoms with Gasteiger partial charge < -0.3 is 10.2 Å². The van der Waals surface area contributed by atoms with Crippen molar-refractivity contribution >= 4 is 11.9 Å². The van der Waals surface area contributed by atoms with E-state index in [1.54, 1.807) is 0 Å². The van der Waals surface area contributed by atoms with Gasteiger partial charge in [0.2, 0.25) is 5.91 Å². The van der Waals surface area contributed by atoms with Gasteiger partial charge in [-0.3, -0.25) is 10.1 Å². The number of carbonyl (C=O) groups is 1. The lowest BCUT2D eigenvalue weighted by Gasteiger charge is -2.26. The van der Waals surface area contributed by atoms with Gasteiger partial charge in [0.1, 0.15) is 6.26 Å². The first kappa shape index (κ1) is 11.1. The van der Waals surface area contributed by atoms with Crippen molar-refractivity contribution in [3.05, 3.63) is 12.0 Å². The lowest BCUT2D eigenvalue weighted by atomic mass is 9.84. The van der Waals surface area contributed by atoms with E-state index in [0.29, 0.717) is 0 Å². The van der Waals surface area contributed by atoms with E-state index in [1.807, 2.05) is 6.92 Å². The quantitative estimate of drug-likeness (QED) is 0.794. The number of oxazole rings is 1. The molecule has 0 aliphatic heterocycles. The van der Waals surface area contributed by atoms with Gasteiger partial charge in [-0.15, -0.1) is 0 Å². The fourth-order valence-corrected chi connectivity index (χ4v) is 2.09. The number of hydrogen-bond acceptors (Lipinski definition) is 4. The summed E-state index contributed by atoms with van der Waals surface area (Å²) in [4.78, 5) is 15.9. The molecule has 1 heterocycles. The standard InChI is InChI=1S/C11H17N3O2/c1-7-6-16-11(13-7)14-10(15)8-4-2-3-5-9(8)12/h6,8-9H,2-5,12H2,1H3,(H,13,14,15). The fourth-order valence-electron chi connectivity index (χ4n) is 2.09. The summed E-state index contributed by atoms with van der Waals surface area (Å²) in [6, 6.07) is 0.227.